The SMILES string of the molecule is Cc1ccc(Cl)cc1N(CCCC(=O)N(Cc1ccccc1)C(C)C(=O)NCC(C)C)S(C)(=O)=O. The number of amides is 2. The number of nitrogens with one attached hydrogen (secondary N) is 1. The summed E-state index contributed by atoms with van der Waals surface area (Å²) in [4.78, 5) is 27.6. The summed E-state index contributed by atoms with van der Waals surface area (Å²) in [6.45, 7) is 8.49. The minimum atomic E-state index is -3.58. The van der Waals surface area contributed by atoms with Crippen molar-refractivity contribution < 1.29 is 18.0 Å². The zero-order valence-corrected chi connectivity index (χ0v) is 22.7. The quantitative estimate of drug-likeness (QED) is 0.449. The lowest BCUT2D eigenvalue weighted by atomic mass is 10.1. The number of carbonyl (C=O) groups excluding carboxylic acids is 2. The molecular formula is C26H36ClN3O4S. The molecule has 1 N–H and O–H groups in total. The molecular weight excluding hydrogens is 486 g/mol. The molecule has 2 aromatic carbocycles. The Labute approximate surface area is 214 Å². The van der Waals surface area contributed by atoms with Gasteiger partial charge in [-0.2, -0.15) is 0 Å². The van der Waals surface area contributed by atoms with Crippen molar-refractivity contribution in [3.8, 4) is 0 Å². The van der Waals surface area contributed by atoms with Gasteiger partial charge in [0.15, 0.2) is 0 Å². The van der Waals surface area contributed by atoms with Gasteiger partial charge >= 0.3 is 0 Å². The second-order valence-electron chi connectivity index (χ2n) is 9.19. The van der Waals surface area contributed by atoms with Gasteiger partial charge < -0.3 is 10.2 Å². The largest absolute Gasteiger partial charge is 0.354 e. The second kappa shape index (κ2) is 12.9. The Bertz CT molecular complexity index is 1110. The molecule has 9 heteroatoms. The standard InChI is InChI=1S/C26H36ClN3O4S/c1-19(2)17-28-26(32)21(4)29(18-22-10-7-6-8-11-22)25(31)12-9-15-30(35(5,33)34)24-16-23(27)14-13-20(24)3/h6-8,10-11,13-14,16,19,21H,9,12,15,17-18H2,1-5H3,(H,28,32). The van der Waals surface area contributed by atoms with E-state index >= 15 is 0 Å². The molecule has 0 heterocycles. The van der Waals surface area contributed by atoms with Crippen molar-refractivity contribution in [1.29, 1.82) is 0 Å². The maximum Gasteiger partial charge on any atom is 0.242 e. The zero-order valence-electron chi connectivity index (χ0n) is 21.1. The lowest BCUT2D eigenvalue weighted by molar-refractivity contribution is -0.140. The molecule has 0 aliphatic rings. The average Bonchev–Trinajstić information content (AvgIpc) is 2.79. The molecule has 1 unspecified atom stereocenters. The Morgan fingerprint density at radius 2 is 1.71 bits per heavy atom. The number of halogens is 1. The maximum absolute atomic E-state index is 13.3. The van der Waals surface area contributed by atoms with Crippen LogP contribution in [0.5, 0.6) is 0 Å². The third kappa shape index (κ3) is 8.85. The molecule has 0 saturated heterocycles. The lowest BCUT2D eigenvalue weighted by Gasteiger charge is -2.30. The number of rotatable bonds is 12. The summed E-state index contributed by atoms with van der Waals surface area (Å²) in [6.07, 6.45) is 1.53. The summed E-state index contributed by atoms with van der Waals surface area (Å²) < 4.78 is 26.3. The van der Waals surface area contributed by atoms with Crippen molar-refractivity contribution in [2.75, 3.05) is 23.7 Å². The van der Waals surface area contributed by atoms with Crippen molar-refractivity contribution in [3.63, 3.8) is 0 Å². The zero-order chi connectivity index (χ0) is 26.2. The normalized spacial score (nSPS) is 12.3. The van der Waals surface area contributed by atoms with E-state index in [2.05, 4.69) is 5.32 Å². The molecule has 0 aliphatic heterocycles. The molecule has 1 atom stereocenters. The Balaban J connectivity index is 2.16. The Hall–Kier alpha value is -2.58. The number of carbonyl (C=O) groups is 2. The maximum atomic E-state index is 13.3. The first kappa shape index (κ1) is 28.7. The summed E-state index contributed by atoms with van der Waals surface area (Å²) >= 11 is 6.10. The Kier molecular flexibility index (Phi) is 10.6. The molecule has 0 aromatic heterocycles. The predicted octanol–water partition coefficient (Wildman–Crippen LogP) is 4.38. The van der Waals surface area contributed by atoms with Crippen LogP contribution in [0.4, 0.5) is 5.69 Å². The smallest absolute Gasteiger partial charge is 0.242 e. The average molecular weight is 522 g/mol. The number of anilines is 1. The molecule has 35 heavy (non-hydrogen) atoms. The molecule has 2 rings (SSSR count). The Morgan fingerprint density at radius 1 is 1.06 bits per heavy atom. The van der Waals surface area contributed by atoms with Crippen molar-refractivity contribution in [2.24, 2.45) is 5.92 Å². The van der Waals surface area contributed by atoms with Crippen molar-refractivity contribution in [3.05, 3.63) is 64.7 Å². The molecule has 0 radical (unpaired) electrons. The van der Waals surface area contributed by atoms with Crippen LogP contribution in [0.3, 0.4) is 0 Å². The van der Waals surface area contributed by atoms with Crippen LogP contribution in [0, 0.1) is 12.8 Å². The van der Waals surface area contributed by atoms with E-state index in [1.54, 1.807) is 30.0 Å². The second-order valence-corrected chi connectivity index (χ2v) is 11.5. The summed E-state index contributed by atoms with van der Waals surface area (Å²) in [5.41, 5.74) is 2.18. The molecule has 0 bridgehead atoms. The van der Waals surface area contributed by atoms with Crippen LogP contribution in [-0.2, 0) is 26.2 Å². The first-order valence-electron chi connectivity index (χ1n) is 11.7. The first-order valence-corrected chi connectivity index (χ1v) is 14.0. The van der Waals surface area contributed by atoms with E-state index in [4.69, 9.17) is 11.6 Å². The number of aryl methyl sites for hydroxylation is 1. The van der Waals surface area contributed by atoms with E-state index in [9.17, 15) is 18.0 Å². The third-order valence-electron chi connectivity index (χ3n) is 5.64. The number of hydrogen-bond acceptors (Lipinski definition) is 4. The van der Waals surface area contributed by atoms with Gasteiger partial charge in [0, 0.05) is 31.1 Å². The van der Waals surface area contributed by atoms with Crippen LogP contribution < -0.4 is 9.62 Å². The van der Waals surface area contributed by atoms with E-state index in [1.165, 1.54) is 4.31 Å². The summed E-state index contributed by atoms with van der Waals surface area (Å²) in [5, 5.41) is 3.33. The van der Waals surface area contributed by atoms with Gasteiger partial charge in [-0.1, -0.05) is 61.8 Å². The summed E-state index contributed by atoms with van der Waals surface area (Å²) in [5.74, 6) is -0.131. The van der Waals surface area contributed by atoms with E-state index in [0.29, 0.717) is 36.1 Å². The van der Waals surface area contributed by atoms with Crippen LogP contribution in [-0.4, -0.2) is 50.5 Å². The van der Waals surface area contributed by atoms with Crippen molar-refractivity contribution in [2.45, 2.75) is 53.1 Å². The highest BCUT2D eigenvalue weighted by Gasteiger charge is 2.27. The van der Waals surface area contributed by atoms with E-state index in [-0.39, 0.29) is 24.8 Å². The van der Waals surface area contributed by atoms with Crippen molar-refractivity contribution >= 4 is 39.1 Å². The van der Waals surface area contributed by atoms with Crippen LogP contribution in [0.25, 0.3) is 0 Å². The Morgan fingerprint density at radius 3 is 2.31 bits per heavy atom. The molecule has 7 nitrogen and oxygen atoms in total. The molecule has 0 fully saturated rings. The van der Waals surface area contributed by atoms with Gasteiger partial charge in [-0.25, -0.2) is 8.42 Å². The molecule has 0 saturated carbocycles. The lowest BCUT2D eigenvalue weighted by Crippen LogP contribution is -2.48. The van der Waals surface area contributed by atoms with Crippen LogP contribution in [0.15, 0.2) is 48.5 Å². The highest BCUT2D eigenvalue weighted by atomic mass is 35.5. The molecule has 2 amide bonds. The highest BCUT2D eigenvalue weighted by Crippen LogP contribution is 2.27. The first-order chi connectivity index (χ1) is 16.4. The number of sulfonamides is 1. The van der Waals surface area contributed by atoms with Crippen LogP contribution >= 0.6 is 11.6 Å². The predicted molar refractivity (Wildman–Crippen MR) is 142 cm³/mol. The van der Waals surface area contributed by atoms with Gasteiger partial charge in [0.2, 0.25) is 21.8 Å². The third-order valence-corrected chi connectivity index (χ3v) is 7.05. The number of benzene rings is 2. The van der Waals surface area contributed by atoms with Crippen LogP contribution in [0.2, 0.25) is 5.02 Å². The van der Waals surface area contributed by atoms with Gasteiger partial charge in [0.05, 0.1) is 11.9 Å². The van der Waals surface area contributed by atoms with Gasteiger partial charge in [0.1, 0.15) is 6.04 Å². The summed E-state index contributed by atoms with van der Waals surface area (Å²) in [6, 6.07) is 13.9. The molecule has 0 aliphatic carbocycles. The minimum Gasteiger partial charge on any atom is -0.354 e. The molecule has 192 valence electrons. The fourth-order valence-electron chi connectivity index (χ4n) is 3.65. The molecule has 2 aromatic rings. The topological polar surface area (TPSA) is 86.8 Å². The van der Waals surface area contributed by atoms with Gasteiger partial charge in [-0.15, -0.1) is 0 Å². The van der Waals surface area contributed by atoms with Gasteiger partial charge in [0.25, 0.3) is 0 Å². The fraction of sp³-hybridized carbons (Fsp3) is 0.462. The highest BCUT2D eigenvalue weighted by molar-refractivity contribution is 7.92. The van der Waals surface area contributed by atoms with Crippen molar-refractivity contribution in [1.82, 2.24) is 10.2 Å². The fourth-order valence-corrected chi connectivity index (χ4v) is 4.83. The number of hydrogen-bond donors (Lipinski definition) is 1. The summed E-state index contributed by atoms with van der Waals surface area (Å²) in [7, 11) is -3.58. The minimum absolute atomic E-state index is 0.0975. The number of nitrogens with zero attached hydrogens (tertiary/aromatic N) is 2. The van der Waals surface area contributed by atoms with E-state index < -0.39 is 16.1 Å². The van der Waals surface area contributed by atoms with E-state index in [0.717, 1.165) is 17.4 Å². The van der Waals surface area contributed by atoms with E-state index in [1.807, 2.05) is 51.1 Å². The van der Waals surface area contributed by atoms with Gasteiger partial charge in [-0.05, 0) is 49.4 Å². The monoisotopic (exact) mass is 521 g/mol. The van der Waals surface area contributed by atoms with Gasteiger partial charge in [-0.3, -0.25) is 13.9 Å². The van der Waals surface area contributed by atoms with Crippen LogP contribution in [0.1, 0.15) is 44.7 Å². The molecule has 0 spiro atoms.